The minimum atomic E-state index is -1.33. The van der Waals surface area contributed by atoms with Crippen LogP contribution in [0.15, 0.2) is 28.8 Å². The third-order valence-electron chi connectivity index (χ3n) is 6.05. The van der Waals surface area contributed by atoms with Gasteiger partial charge in [-0.2, -0.15) is 0 Å². The van der Waals surface area contributed by atoms with E-state index in [1.807, 2.05) is 25.1 Å². The predicted octanol–water partition coefficient (Wildman–Crippen LogP) is -1.31. The summed E-state index contributed by atoms with van der Waals surface area (Å²) in [5.74, 6) is -2.36. The molecule has 0 spiro atoms. The maximum atomic E-state index is 12.4. The molecule has 2 aromatic rings. The summed E-state index contributed by atoms with van der Waals surface area (Å²) in [6.45, 7) is 4.98. The number of rotatable bonds is 5. The summed E-state index contributed by atoms with van der Waals surface area (Å²) < 4.78 is 1.07. The van der Waals surface area contributed by atoms with E-state index in [9.17, 15) is 19.8 Å². The van der Waals surface area contributed by atoms with Gasteiger partial charge in [-0.25, -0.2) is 4.98 Å². The van der Waals surface area contributed by atoms with Gasteiger partial charge in [-0.05, 0) is 25.1 Å². The molecule has 0 bridgehead atoms. The number of benzene rings is 1. The Labute approximate surface area is 214 Å². The van der Waals surface area contributed by atoms with E-state index in [2.05, 4.69) is 9.88 Å². The first kappa shape index (κ1) is 23.4. The Kier molecular flexibility index (Phi) is 6.42. The van der Waals surface area contributed by atoms with Gasteiger partial charge in [0.1, 0.15) is 0 Å². The third-order valence-corrected chi connectivity index (χ3v) is 8.84. The normalized spacial score (nSPS) is 26.5. The van der Waals surface area contributed by atoms with Gasteiger partial charge < -0.3 is 24.8 Å². The minimum Gasteiger partial charge on any atom is -0.543 e. The molecule has 0 unspecified atom stereocenters. The van der Waals surface area contributed by atoms with Crippen LogP contribution in [0.1, 0.15) is 13.8 Å². The van der Waals surface area contributed by atoms with Crippen LogP contribution in [-0.4, -0.2) is 57.4 Å². The van der Waals surface area contributed by atoms with Crippen LogP contribution >= 0.6 is 34.7 Å². The molecular formula is C20H19ClN3NaO4S2. The van der Waals surface area contributed by atoms with E-state index in [0.717, 1.165) is 28.4 Å². The molecule has 5 rings (SSSR count). The number of amides is 1. The number of thioether (sulfide) groups is 1. The quantitative estimate of drug-likeness (QED) is 0.413. The van der Waals surface area contributed by atoms with Crippen LogP contribution in [0.5, 0.6) is 0 Å². The maximum Gasteiger partial charge on any atom is 1.00 e. The Morgan fingerprint density at radius 2 is 2.13 bits per heavy atom. The number of halogens is 1. The molecule has 1 aromatic carbocycles. The van der Waals surface area contributed by atoms with Crippen molar-refractivity contribution >= 4 is 61.9 Å². The van der Waals surface area contributed by atoms with E-state index in [0.29, 0.717) is 9.93 Å². The molecule has 1 amide bonds. The van der Waals surface area contributed by atoms with Gasteiger partial charge in [-0.1, -0.05) is 29.9 Å². The number of β-lactam (4-membered cyclic amide) rings is 1. The number of aliphatic carboxylic acids is 1. The molecule has 0 radical (unpaired) electrons. The van der Waals surface area contributed by atoms with E-state index in [4.69, 9.17) is 11.6 Å². The van der Waals surface area contributed by atoms with Crippen molar-refractivity contribution in [2.75, 3.05) is 18.0 Å². The number of fused-ring (bicyclic) bond motifs is 2. The van der Waals surface area contributed by atoms with Gasteiger partial charge in [0.15, 0.2) is 5.13 Å². The fourth-order valence-corrected chi connectivity index (χ4v) is 7.19. The van der Waals surface area contributed by atoms with Crippen molar-refractivity contribution in [3.63, 3.8) is 0 Å². The summed E-state index contributed by atoms with van der Waals surface area (Å²) in [5, 5.41) is 23.5. The first-order valence-corrected chi connectivity index (χ1v) is 11.8. The number of nitrogens with zero attached hydrogens (tertiary/aromatic N) is 3. The average molecular weight is 488 g/mol. The summed E-state index contributed by atoms with van der Waals surface area (Å²) in [5.41, 5.74) is 0.851. The van der Waals surface area contributed by atoms with E-state index < -0.39 is 18.0 Å². The number of carboxylic acid groups (broad SMARTS) is 1. The molecule has 1 N–H and O–H groups in total. The number of aromatic nitrogens is 1. The second-order valence-corrected chi connectivity index (χ2v) is 10.8. The molecule has 2 saturated heterocycles. The molecule has 0 aliphatic carbocycles. The van der Waals surface area contributed by atoms with Crippen molar-refractivity contribution in [3.05, 3.63) is 33.8 Å². The molecule has 1 aromatic heterocycles. The zero-order valence-corrected chi connectivity index (χ0v) is 21.6. The molecule has 158 valence electrons. The van der Waals surface area contributed by atoms with Gasteiger partial charge in [-0.3, -0.25) is 4.79 Å². The Hall–Kier alpha value is -0.810. The van der Waals surface area contributed by atoms with Crippen molar-refractivity contribution in [2.45, 2.75) is 31.2 Å². The van der Waals surface area contributed by atoms with Crippen LogP contribution in [0, 0.1) is 11.8 Å². The smallest absolute Gasteiger partial charge is 0.543 e. The number of anilines is 1. The largest absolute Gasteiger partial charge is 1.00 e. The second-order valence-electron chi connectivity index (χ2n) is 8.01. The van der Waals surface area contributed by atoms with E-state index in [1.54, 1.807) is 18.3 Å². The summed E-state index contributed by atoms with van der Waals surface area (Å²) in [7, 11) is 0. The van der Waals surface area contributed by atoms with E-state index >= 15 is 0 Å². The van der Waals surface area contributed by atoms with Crippen LogP contribution < -0.4 is 39.6 Å². The number of carbonyl (C=O) groups is 2. The van der Waals surface area contributed by atoms with Crippen LogP contribution in [0.4, 0.5) is 5.13 Å². The first-order valence-electron chi connectivity index (χ1n) is 9.70. The van der Waals surface area contributed by atoms with Crippen molar-refractivity contribution in [1.82, 2.24) is 9.88 Å². The molecule has 2 fully saturated rings. The van der Waals surface area contributed by atoms with E-state index in [-0.39, 0.29) is 58.4 Å². The number of aliphatic hydroxyl groups is 1. The fourth-order valence-electron chi connectivity index (χ4n) is 4.54. The molecule has 3 aliphatic rings. The first-order chi connectivity index (χ1) is 14.3. The molecular weight excluding hydrogens is 469 g/mol. The maximum absolute atomic E-state index is 12.4. The Morgan fingerprint density at radius 1 is 1.42 bits per heavy atom. The van der Waals surface area contributed by atoms with E-state index in [1.165, 1.54) is 16.7 Å². The van der Waals surface area contributed by atoms with Crippen molar-refractivity contribution in [2.24, 2.45) is 11.8 Å². The van der Waals surface area contributed by atoms with Crippen LogP contribution in [0.2, 0.25) is 5.02 Å². The molecule has 7 nitrogen and oxygen atoms in total. The average Bonchev–Trinajstić information content (AvgIpc) is 3.14. The number of thiazole rings is 1. The monoisotopic (exact) mass is 487 g/mol. The van der Waals surface area contributed by atoms with Crippen LogP contribution in [0.3, 0.4) is 0 Å². The van der Waals surface area contributed by atoms with Gasteiger partial charge in [0, 0.05) is 34.2 Å². The Bertz CT molecular complexity index is 1100. The van der Waals surface area contributed by atoms with Crippen molar-refractivity contribution in [1.29, 1.82) is 0 Å². The Morgan fingerprint density at radius 3 is 2.77 bits per heavy atom. The summed E-state index contributed by atoms with van der Waals surface area (Å²) in [6, 6.07) is 5.35. The van der Waals surface area contributed by atoms with Gasteiger partial charge in [0.25, 0.3) is 0 Å². The number of hydrogen-bond donors (Lipinski definition) is 1. The molecule has 4 heterocycles. The molecule has 4 atom stereocenters. The topological polar surface area (TPSA) is 96.8 Å². The SMILES string of the molecule is C[C@@H](O)[C@H]1C(=O)N2C(C(=O)[O-])=C(SC3CN(c4nc5cc(Cl)ccc5s4)C3)[C@H](C)[C@H]12.[Na+]. The third kappa shape index (κ3) is 3.72. The molecule has 0 saturated carbocycles. The Balaban J connectivity index is 0.00000231. The van der Waals surface area contributed by atoms with Crippen LogP contribution in [-0.2, 0) is 9.59 Å². The van der Waals surface area contributed by atoms with Gasteiger partial charge in [0.2, 0.25) is 5.91 Å². The zero-order chi connectivity index (χ0) is 21.3. The summed E-state index contributed by atoms with van der Waals surface area (Å²) in [6.07, 6.45) is -0.805. The summed E-state index contributed by atoms with van der Waals surface area (Å²) in [4.78, 5) is 33.0. The van der Waals surface area contributed by atoms with Gasteiger partial charge in [0.05, 0.1) is 39.9 Å². The fraction of sp³-hybridized carbons (Fsp3) is 0.450. The standard InChI is InChI=1S/C20H20ClN3O4S2.Na/c1-8-15-14(9(2)25)18(26)24(15)16(19(27)28)17(8)29-11-6-23(7-11)20-22-12-5-10(21)3-4-13(12)30-20;/h3-5,8-9,11,14-15,25H,6-7H2,1-2H3,(H,27,28);/q;+1/p-1/t8-,9-,14-,15-;/m1./s1. The molecule has 3 aliphatic heterocycles. The summed E-state index contributed by atoms with van der Waals surface area (Å²) >= 11 is 9.15. The number of hydrogen-bond acceptors (Lipinski definition) is 8. The molecule has 31 heavy (non-hydrogen) atoms. The van der Waals surface area contributed by atoms with Crippen molar-refractivity contribution < 1.29 is 49.4 Å². The van der Waals surface area contributed by atoms with Gasteiger partial charge in [-0.15, -0.1) is 11.8 Å². The zero-order valence-electron chi connectivity index (χ0n) is 17.2. The molecule has 11 heteroatoms. The minimum absolute atomic E-state index is 0. The number of aliphatic hydroxyl groups excluding tert-OH is 1. The number of carboxylic acids is 1. The second kappa shape index (κ2) is 8.52. The predicted molar refractivity (Wildman–Crippen MR) is 115 cm³/mol. The number of carbonyl (C=O) groups excluding carboxylic acids is 2. The van der Waals surface area contributed by atoms with Crippen molar-refractivity contribution in [3.8, 4) is 0 Å². The van der Waals surface area contributed by atoms with Gasteiger partial charge >= 0.3 is 29.6 Å². The van der Waals surface area contributed by atoms with Crippen LogP contribution in [0.25, 0.3) is 10.2 Å².